The summed E-state index contributed by atoms with van der Waals surface area (Å²) in [6.07, 6.45) is 1.82. The maximum absolute atomic E-state index is 12.2. The van der Waals surface area contributed by atoms with Crippen molar-refractivity contribution in [3.63, 3.8) is 0 Å². The number of thiophene rings is 1. The number of benzene rings is 1. The van der Waals surface area contributed by atoms with Crippen molar-refractivity contribution in [2.45, 2.75) is 17.7 Å². The van der Waals surface area contributed by atoms with Gasteiger partial charge in [-0.1, -0.05) is 36.4 Å². The van der Waals surface area contributed by atoms with Gasteiger partial charge in [-0.25, -0.2) is 18.1 Å². The van der Waals surface area contributed by atoms with Crippen molar-refractivity contribution < 1.29 is 8.42 Å². The van der Waals surface area contributed by atoms with E-state index in [9.17, 15) is 8.42 Å². The van der Waals surface area contributed by atoms with Gasteiger partial charge in [0, 0.05) is 20.1 Å². The van der Waals surface area contributed by atoms with Crippen molar-refractivity contribution in [1.29, 1.82) is 0 Å². The molecule has 0 saturated carbocycles. The Morgan fingerprint density at radius 1 is 1.23 bits per heavy atom. The number of hydrogen-bond acceptors (Lipinski definition) is 5. The molecule has 0 aliphatic rings. The molecule has 0 fully saturated rings. The van der Waals surface area contributed by atoms with Crippen LogP contribution in [0.3, 0.4) is 0 Å². The highest BCUT2D eigenvalue weighted by molar-refractivity contribution is 14.0. The maximum atomic E-state index is 12.2. The third kappa shape index (κ3) is 7.30. The molecule has 8 nitrogen and oxygen atoms in total. The van der Waals surface area contributed by atoms with E-state index in [0.717, 1.165) is 17.1 Å². The quantitative estimate of drug-likeness (QED) is 0.158. The van der Waals surface area contributed by atoms with Crippen LogP contribution in [0.25, 0.3) is 11.3 Å². The molecule has 0 saturated heterocycles. The van der Waals surface area contributed by atoms with Crippen LogP contribution in [0.2, 0.25) is 0 Å². The Morgan fingerprint density at radius 2 is 2.00 bits per heavy atom. The number of nitrogens with zero attached hydrogens (tertiary/aromatic N) is 3. The fourth-order valence-corrected chi connectivity index (χ4v) is 4.86. The van der Waals surface area contributed by atoms with Crippen LogP contribution in [-0.2, 0) is 16.6 Å². The number of aromatic amines is 1. The minimum absolute atomic E-state index is 0. The molecule has 1 aromatic carbocycles. The Balaban J connectivity index is 0.00000341. The molecule has 3 rings (SSSR count). The molecule has 0 amide bonds. The largest absolute Gasteiger partial charge is 0.357 e. The fraction of sp³-hybridized carbons (Fsp3) is 0.300. The van der Waals surface area contributed by atoms with Crippen LogP contribution in [0.15, 0.2) is 63.2 Å². The lowest BCUT2D eigenvalue weighted by Crippen LogP contribution is -2.39. The Labute approximate surface area is 204 Å². The first-order valence-electron chi connectivity index (χ1n) is 9.61. The summed E-state index contributed by atoms with van der Waals surface area (Å²) in [4.78, 5) is 14.3. The second-order valence-electron chi connectivity index (χ2n) is 6.53. The Kier molecular flexibility index (Phi) is 9.93. The van der Waals surface area contributed by atoms with E-state index < -0.39 is 10.0 Å². The van der Waals surface area contributed by atoms with Gasteiger partial charge in [0.05, 0.1) is 25.0 Å². The van der Waals surface area contributed by atoms with Gasteiger partial charge in [-0.05, 0) is 23.9 Å². The summed E-state index contributed by atoms with van der Waals surface area (Å²) >= 11 is 1.19. The van der Waals surface area contributed by atoms with Crippen LogP contribution >= 0.6 is 35.3 Å². The normalized spacial score (nSPS) is 11.7. The molecule has 11 heteroatoms. The number of H-pyrrole nitrogens is 1. The number of imidazole rings is 1. The van der Waals surface area contributed by atoms with Gasteiger partial charge >= 0.3 is 0 Å². The van der Waals surface area contributed by atoms with Gasteiger partial charge in [0.2, 0.25) is 10.0 Å². The summed E-state index contributed by atoms with van der Waals surface area (Å²) in [6, 6.07) is 13.3. The predicted octanol–water partition coefficient (Wildman–Crippen LogP) is 3.13. The number of aliphatic imine (C=N–C) groups is 1. The Bertz CT molecular complexity index is 1050. The second-order valence-corrected chi connectivity index (χ2v) is 9.47. The average molecular weight is 575 g/mol. The molecule has 0 aliphatic heterocycles. The molecular weight excluding hydrogens is 547 g/mol. The summed E-state index contributed by atoms with van der Waals surface area (Å²) in [5.41, 5.74) is 2.04. The van der Waals surface area contributed by atoms with Crippen LogP contribution in [0.1, 0.15) is 12.7 Å². The summed E-state index contributed by atoms with van der Waals surface area (Å²) in [7, 11) is -1.55. The highest BCUT2D eigenvalue weighted by Gasteiger charge is 2.14. The van der Waals surface area contributed by atoms with Crippen molar-refractivity contribution in [2.24, 2.45) is 4.99 Å². The van der Waals surface area contributed by atoms with Crippen LogP contribution in [0.4, 0.5) is 0 Å². The summed E-state index contributed by atoms with van der Waals surface area (Å²) in [6.45, 7) is 3.78. The molecule has 0 bridgehead atoms. The number of halogens is 1. The third-order valence-electron chi connectivity index (χ3n) is 4.22. The molecule has 2 heterocycles. The summed E-state index contributed by atoms with van der Waals surface area (Å²) in [5, 5.41) is 4.96. The van der Waals surface area contributed by atoms with Gasteiger partial charge in [0.1, 0.15) is 10.0 Å². The predicted molar refractivity (Wildman–Crippen MR) is 136 cm³/mol. The van der Waals surface area contributed by atoms with Crippen LogP contribution in [0, 0.1) is 0 Å². The highest BCUT2D eigenvalue weighted by atomic mass is 127. The molecule has 0 aliphatic carbocycles. The Hall–Kier alpha value is -1.96. The lowest BCUT2D eigenvalue weighted by atomic mass is 10.2. The van der Waals surface area contributed by atoms with Gasteiger partial charge in [-0.15, -0.1) is 35.3 Å². The highest BCUT2D eigenvalue weighted by Crippen LogP contribution is 2.17. The Morgan fingerprint density at radius 3 is 2.68 bits per heavy atom. The molecule has 0 atom stereocenters. The molecule has 0 unspecified atom stereocenters. The molecule has 0 spiro atoms. The third-order valence-corrected chi connectivity index (χ3v) is 7.08. The number of sulfonamides is 1. The van der Waals surface area contributed by atoms with E-state index in [1.165, 1.54) is 11.3 Å². The molecule has 2 aromatic heterocycles. The number of aromatic nitrogens is 2. The van der Waals surface area contributed by atoms with Gasteiger partial charge < -0.3 is 15.2 Å². The van der Waals surface area contributed by atoms with Gasteiger partial charge in [0.15, 0.2) is 5.96 Å². The number of rotatable bonds is 9. The summed E-state index contributed by atoms with van der Waals surface area (Å²) in [5.74, 6) is 1.51. The van der Waals surface area contributed by atoms with E-state index in [1.807, 2.05) is 55.4 Å². The lowest BCUT2D eigenvalue weighted by Gasteiger charge is -2.21. The van der Waals surface area contributed by atoms with Crippen LogP contribution in [-0.4, -0.2) is 55.9 Å². The molecular formula is C20H27IN6O2S2. The maximum Gasteiger partial charge on any atom is 0.250 e. The summed E-state index contributed by atoms with van der Waals surface area (Å²) < 4.78 is 27.2. The van der Waals surface area contributed by atoms with Crippen LogP contribution in [0.5, 0.6) is 0 Å². The minimum atomic E-state index is -3.47. The first-order valence-corrected chi connectivity index (χ1v) is 12.0. The van der Waals surface area contributed by atoms with Crippen molar-refractivity contribution in [3.8, 4) is 11.3 Å². The first kappa shape index (κ1) is 25.3. The number of hydrogen-bond donors (Lipinski definition) is 3. The number of nitrogens with one attached hydrogen (secondary N) is 3. The second kappa shape index (κ2) is 12.2. The smallest absolute Gasteiger partial charge is 0.250 e. The van der Waals surface area contributed by atoms with E-state index >= 15 is 0 Å². The van der Waals surface area contributed by atoms with Crippen LogP contribution < -0.4 is 10.0 Å². The molecule has 3 aromatic rings. The fourth-order valence-electron chi connectivity index (χ4n) is 2.81. The van der Waals surface area contributed by atoms with E-state index in [2.05, 4.69) is 25.0 Å². The number of guanidine groups is 1. The molecule has 0 radical (unpaired) electrons. The van der Waals surface area contributed by atoms with E-state index in [-0.39, 0.29) is 30.5 Å². The molecule has 31 heavy (non-hydrogen) atoms. The average Bonchev–Trinajstić information content (AvgIpc) is 3.43. The van der Waals surface area contributed by atoms with Crippen molar-refractivity contribution >= 4 is 51.3 Å². The zero-order valence-electron chi connectivity index (χ0n) is 17.4. The monoisotopic (exact) mass is 574 g/mol. The molecule has 168 valence electrons. The van der Waals surface area contributed by atoms with Crippen molar-refractivity contribution in [1.82, 2.24) is 24.9 Å². The topological polar surface area (TPSA) is 102 Å². The SMILES string of the molecule is CCNC(=NCCNS(=O)(=O)c1cccs1)N(C)Cc1ncc(-c2ccccc2)[nH]1.I. The van der Waals surface area contributed by atoms with Gasteiger partial charge in [0.25, 0.3) is 0 Å². The standard InChI is InChI=1S/C20H26N6O2S2.HI/c1-3-21-20(22-11-12-24-30(27,28)19-10-7-13-29-19)26(2)15-18-23-14-17(25-18)16-8-5-4-6-9-16;/h4-10,13-14,24H,3,11-12,15H2,1-2H3,(H,21,22)(H,23,25);1H. The van der Waals surface area contributed by atoms with Gasteiger partial charge in [-0.2, -0.15) is 0 Å². The first-order chi connectivity index (χ1) is 14.5. The van der Waals surface area contributed by atoms with Crippen molar-refractivity contribution in [3.05, 3.63) is 59.9 Å². The van der Waals surface area contributed by atoms with Gasteiger partial charge in [-0.3, -0.25) is 4.99 Å². The zero-order valence-corrected chi connectivity index (χ0v) is 21.4. The van der Waals surface area contributed by atoms with E-state index in [4.69, 9.17) is 0 Å². The zero-order chi connectivity index (χ0) is 21.4. The van der Waals surface area contributed by atoms with E-state index in [1.54, 1.807) is 17.5 Å². The van der Waals surface area contributed by atoms with E-state index in [0.29, 0.717) is 29.8 Å². The molecule has 3 N–H and O–H groups in total. The van der Waals surface area contributed by atoms with Crippen molar-refractivity contribution in [2.75, 3.05) is 26.7 Å². The minimum Gasteiger partial charge on any atom is -0.357 e. The lowest BCUT2D eigenvalue weighted by molar-refractivity contribution is 0.464.